The molecule has 0 aliphatic carbocycles. The minimum Gasteiger partial charge on any atom is -0.492 e. The van der Waals surface area contributed by atoms with Crippen molar-refractivity contribution in [1.29, 1.82) is 0 Å². The Bertz CT molecular complexity index is 664. The summed E-state index contributed by atoms with van der Waals surface area (Å²) in [5.41, 5.74) is 6.51. The SMILES string of the molecule is CCOc1cccc2c1nc(CCl)n2C(C)(C)CC(N)=O. The number of alkyl halides is 1. The Morgan fingerprint density at radius 1 is 1.48 bits per heavy atom. The number of hydrogen-bond acceptors (Lipinski definition) is 3. The van der Waals surface area contributed by atoms with Gasteiger partial charge in [-0.3, -0.25) is 4.79 Å². The maximum absolute atomic E-state index is 11.3. The van der Waals surface area contributed by atoms with E-state index in [0.29, 0.717) is 12.4 Å². The van der Waals surface area contributed by atoms with E-state index in [9.17, 15) is 4.79 Å². The summed E-state index contributed by atoms with van der Waals surface area (Å²) in [7, 11) is 0. The Morgan fingerprint density at radius 3 is 2.76 bits per heavy atom. The molecule has 114 valence electrons. The number of aromatic nitrogens is 2. The topological polar surface area (TPSA) is 70.1 Å². The van der Waals surface area contributed by atoms with Crippen LogP contribution >= 0.6 is 11.6 Å². The fourth-order valence-corrected chi connectivity index (χ4v) is 2.84. The van der Waals surface area contributed by atoms with E-state index in [-0.39, 0.29) is 18.2 Å². The number of carbonyl (C=O) groups is 1. The zero-order valence-corrected chi connectivity index (χ0v) is 13.3. The predicted molar refractivity (Wildman–Crippen MR) is 83.6 cm³/mol. The first-order valence-electron chi connectivity index (χ1n) is 6.88. The van der Waals surface area contributed by atoms with Gasteiger partial charge in [0.1, 0.15) is 17.1 Å². The molecule has 1 heterocycles. The molecule has 1 aromatic carbocycles. The van der Waals surface area contributed by atoms with Gasteiger partial charge >= 0.3 is 0 Å². The van der Waals surface area contributed by atoms with Gasteiger partial charge in [-0.2, -0.15) is 0 Å². The maximum Gasteiger partial charge on any atom is 0.219 e. The van der Waals surface area contributed by atoms with E-state index in [1.807, 2.05) is 43.5 Å². The number of fused-ring (bicyclic) bond motifs is 1. The quantitative estimate of drug-likeness (QED) is 0.834. The molecule has 0 spiro atoms. The van der Waals surface area contributed by atoms with Gasteiger partial charge in [-0.15, -0.1) is 11.6 Å². The van der Waals surface area contributed by atoms with Crippen LogP contribution in [0.4, 0.5) is 0 Å². The molecule has 1 amide bonds. The molecule has 0 saturated carbocycles. The Labute approximate surface area is 129 Å². The lowest BCUT2D eigenvalue weighted by atomic mass is 9.99. The largest absolute Gasteiger partial charge is 0.492 e. The number of halogens is 1. The Morgan fingerprint density at radius 2 is 2.19 bits per heavy atom. The van der Waals surface area contributed by atoms with Crippen molar-refractivity contribution < 1.29 is 9.53 Å². The number of nitrogens with two attached hydrogens (primary N) is 1. The van der Waals surface area contributed by atoms with E-state index < -0.39 is 5.54 Å². The van der Waals surface area contributed by atoms with Crippen molar-refractivity contribution in [2.45, 2.75) is 38.6 Å². The van der Waals surface area contributed by atoms with Crippen LogP contribution in [0.2, 0.25) is 0 Å². The average Bonchev–Trinajstić information content (AvgIpc) is 2.78. The lowest BCUT2D eigenvalue weighted by molar-refractivity contribution is -0.119. The molecule has 1 aromatic heterocycles. The van der Waals surface area contributed by atoms with Gasteiger partial charge in [0.05, 0.1) is 18.0 Å². The van der Waals surface area contributed by atoms with Crippen LogP contribution in [0.1, 0.15) is 33.0 Å². The molecule has 0 atom stereocenters. The van der Waals surface area contributed by atoms with Crippen molar-refractivity contribution in [3.05, 3.63) is 24.0 Å². The second kappa shape index (κ2) is 5.93. The molecular formula is C15H20ClN3O2. The number of benzene rings is 1. The fourth-order valence-electron chi connectivity index (χ4n) is 2.66. The standard InChI is InChI=1S/C15H20ClN3O2/c1-4-21-11-7-5-6-10-14(11)18-13(9-16)19(10)15(2,3)8-12(17)20/h5-7H,4,8-9H2,1-3H3,(H2,17,20). The number of primary amides is 1. The van der Waals surface area contributed by atoms with Crippen molar-refractivity contribution in [1.82, 2.24) is 9.55 Å². The molecule has 2 N–H and O–H groups in total. The summed E-state index contributed by atoms with van der Waals surface area (Å²) in [5.74, 6) is 1.31. The number of para-hydroxylation sites is 1. The number of nitrogens with zero attached hydrogens (tertiary/aromatic N) is 2. The molecule has 0 radical (unpaired) electrons. The number of ether oxygens (including phenoxy) is 1. The van der Waals surface area contributed by atoms with E-state index in [1.54, 1.807) is 0 Å². The lowest BCUT2D eigenvalue weighted by Gasteiger charge is -2.28. The number of imidazole rings is 1. The van der Waals surface area contributed by atoms with Crippen LogP contribution in [0.3, 0.4) is 0 Å². The molecule has 2 rings (SSSR count). The van der Waals surface area contributed by atoms with Gasteiger partial charge < -0.3 is 15.0 Å². The molecule has 0 aliphatic rings. The van der Waals surface area contributed by atoms with Crippen molar-refractivity contribution in [2.75, 3.05) is 6.61 Å². The van der Waals surface area contributed by atoms with Gasteiger partial charge in [0, 0.05) is 12.0 Å². The van der Waals surface area contributed by atoms with E-state index >= 15 is 0 Å². The highest BCUT2D eigenvalue weighted by Gasteiger charge is 2.28. The highest BCUT2D eigenvalue weighted by molar-refractivity contribution is 6.17. The van der Waals surface area contributed by atoms with E-state index in [2.05, 4.69) is 4.98 Å². The zero-order valence-electron chi connectivity index (χ0n) is 12.5. The van der Waals surface area contributed by atoms with Crippen LogP contribution in [-0.2, 0) is 16.2 Å². The molecule has 0 aliphatic heterocycles. The van der Waals surface area contributed by atoms with Crippen LogP contribution in [0.15, 0.2) is 18.2 Å². The third-order valence-electron chi connectivity index (χ3n) is 3.35. The maximum atomic E-state index is 11.3. The molecule has 5 nitrogen and oxygen atoms in total. The van der Waals surface area contributed by atoms with Crippen LogP contribution in [0, 0.1) is 0 Å². The number of rotatable bonds is 6. The summed E-state index contributed by atoms with van der Waals surface area (Å²) in [6.45, 7) is 6.38. The second-order valence-electron chi connectivity index (χ2n) is 5.51. The predicted octanol–water partition coefficient (Wildman–Crippen LogP) is 2.78. The summed E-state index contributed by atoms with van der Waals surface area (Å²) in [5, 5.41) is 0. The van der Waals surface area contributed by atoms with Gasteiger partial charge in [-0.1, -0.05) is 6.07 Å². The van der Waals surface area contributed by atoms with Crippen LogP contribution in [-0.4, -0.2) is 22.1 Å². The third kappa shape index (κ3) is 2.97. The lowest BCUT2D eigenvalue weighted by Crippen LogP contribution is -2.33. The van der Waals surface area contributed by atoms with E-state index in [1.165, 1.54) is 0 Å². The first kappa shape index (κ1) is 15.6. The summed E-state index contributed by atoms with van der Waals surface area (Å²) in [6, 6.07) is 5.73. The van der Waals surface area contributed by atoms with E-state index in [0.717, 1.165) is 16.8 Å². The van der Waals surface area contributed by atoms with Gasteiger partial charge in [-0.25, -0.2) is 4.98 Å². The number of carbonyl (C=O) groups excluding carboxylic acids is 1. The summed E-state index contributed by atoms with van der Waals surface area (Å²) in [4.78, 5) is 15.9. The third-order valence-corrected chi connectivity index (χ3v) is 3.59. The van der Waals surface area contributed by atoms with Gasteiger partial charge in [0.15, 0.2) is 0 Å². The smallest absolute Gasteiger partial charge is 0.219 e. The fraction of sp³-hybridized carbons (Fsp3) is 0.467. The van der Waals surface area contributed by atoms with Gasteiger partial charge in [-0.05, 0) is 32.9 Å². The van der Waals surface area contributed by atoms with Gasteiger partial charge in [0.25, 0.3) is 0 Å². The molecule has 2 aromatic rings. The van der Waals surface area contributed by atoms with Crippen LogP contribution in [0.25, 0.3) is 11.0 Å². The van der Waals surface area contributed by atoms with E-state index in [4.69, 9.17) is 22.1 Å². The molecular weight excluding hydrogens is 290 g/mol. The molecule has 0 bridgehead atoms. The van der Waals surface area contributed by atoms with Crippen LogP contribution < -0.4 is 10.5 Å². The van der Waals surface area contributed by atoms with Crippen molar-refractivity contribution in [3.8, 4) is 5.75 Å². The minimum absolute atomic E-state index is 0.210. The molecule has 21 heavy (non-hydrogen) atoms. The van der Waals surface area contributed by atoms with Crippen molar-refractivity contribution in [2.24, 2.45) is 5.73 Å². The van der Waals surface area contributed by atoms with Crippen molar-refractivity contribution in [3.63, 3.8) is 0 Å². The second-order valence-corrected chi connectivity index (χ2v) is 5.78. The molecule has 0 saturated heterocycles. The first-order chi connectivity index (χ1) is 9.90. The summed E-state index contributed by atoms with van der Waals surface area (Å²) in [6.07, 6.45) is 0.210. The monoisotopic (exact) mass is 309 g/mol. The summed E-state index contributed by atoms with van der Waals surface area (Å²) < 4.78 is 7.59. The molecule has 0 fully saturated rings. The highest BCUT2D eigenvalue weighted by Crippen LogP contribution is 2.32. The Kier molecular flexibility index (Phi) is 4.42. The number of amides is 1. The highest BCUT2D eigenvalue weighted by atomic mass is 35.5. The minimum atomic E-state index is -0.504. The summed E-state index contributed by atoms with van der Waals surface area (Å²) >= 11 is 6.04. The molecule has 0 unspecified atom stereocenters. The Balaban J connectivity index is 2.67. The van der Waals surface area contributed by atoms with Crippen molar-refractivity contribution >= 4 is 28.5 Å². The number of hydrogen-bond donors (Lipinski definition) is 1. The normalized spacial score (nSPS) is 11.8. The van der Waals surface area contributed by atoms with Crippen LogP contribution in [0.5, 0.6) is 5.75 Å². The Hall–Kier alpha value is -1.75. The average molecular weight is 310 g/mol. The molecule has 6 heteroatoms. The zero-order chi connectivity index (χ0) is 15.6. The first-order valence-corrected chi connectivity index (χ1v) is 7.42. The van der Waals surface area contributed by atoms with Gasteiger partial charge in [0.2, 0.25) is 5.91 Å².